The first-order valence-electron chi connectivity index (χ1n) is 16.2. The van der Waals surface area contributed by atoms with E-state index in [-0.39, 0.29) is 23.2 Å². The summed E-state index contributed by atoms with van der Waals surface area (Å²) in [5, 5.41) is 12.1. The van der Waals surface area contributed by atoms with Crippen LogP contribution in [0.25, 0.3) is 32.9 Å². The van der Waals surface area contributed by atoms with E-state index in [1.807, 2.05) is 4.90 Å². The number of nitrogens with zero attached hydrogens (tertiary/aromatic N) is 5. The summed E-state index contributed by atoms with van der Waals surface area (Å²) < 4.78 is 60.3. The molecule has 0 unspecified atom stereocenters. The van der Waals surface area contributed by atoms with Crippen LogP contribution in [0.2, 0.25) is 0 Å². The highest BCUT2D eigenvalue weighted by Crippen LogP contribution is 2.46. The highest BCUT2D eigenvalue weighted by Gasteiger charge is 2.56. The number of aryl methyl sites for hydroxylation is 1. The molecule has 0 spiro atoms. The first-order chi connectivity index (χ1) is 22.5. The fourth-order valence-corrected chi connectivity index (χ4v) is 7.55. The van der Waals surface area contributed by atoms with Gasteiger partial charge in [0, 0.05) is 41.7 Å². The molecule has 3 aliphatic heterocycles. The van der Waals surface area contributed by atoms with E-state index in [1.165, 1.54) is 18.2 Å². The van der Waals surface area contributed by atoms with Gasteiger partial charge >= 0.3 is 6.01 Å². The summed E-state index contributed by atoms with van der Waals surface area (Å²) >= 11 is 0. The van der Waals surface area contributed by atoms with Crippen LogP contribution in [0.1, 0.15) is 33.1 Å². The van der Waals surface area contributed by atoms with E-state index in [2.05, 4.69) is 17.4 Å². The van der Waals surface area contributed by atoms with Gasteiger partial charge in [-0.1, -0.05) is 24.1 Å². The van der Waals surface area contributed by atoms with Gasteiger partial charge in [0.2, 0.25) is 0 Å². The highest BCUT2D eigenvalue weighted by molar-refractivity contribution is 6.04. The Bertz CT molecular complexity index is 2040. The lowest BCUT2D eigenvalue weighted by molar-refractivity contribution is 0.108. The van der Waals surface area contributed by atoms with E-state index < -0.39 is 30.1 Å². The zero-order valence-electron chi connectivity index (χ0n) is 26.8. The lowest BCUT2D eigenvalue weighted by Crippen LogP contribution is -2.43. The number of ether oxygens (including phenoxy) is 2. The number of terminal acetylenes is 1. The molecule has 10 heteroatoms. The molecule has 0 amide bonds. The van der Waals surface area contributed by atoms with Gasteiger partial charge in [-0.05, 0) is 56.3 Å². The van der Waals surface area contributed by atoms with Crippen molar-refractivity contribution in [3.63, 3.8) is 0 Å². The van der Waals surface area contributed by atoms with Crippen LogP contribution in [0.5, 0.6) is 11.8 Å². The van der Waals surface area contributed by atoms with Crippen LogP contribution in [0.15, 0.2) is 42.6 Å². The van der Waals surface area contributed by atoms with Crippen molar-refractivity contribution in [3.8, 4) is 35.4 Å². The van der Waals surface area contributed by atoms with Crippen molar-refractivity contribution >= 4 is 27.5 Å². The summed E-state index contributed by atoms with van der Waals surface area (Å²) in [4.78, 5) is 18.2. The Morgan fingerprint density at radius 2 is 2.18 bits per heavy atom. The first-order valence-corrected chi connectivity index (χ1v) is 15.2. The molecular weight excluding hydrogens is 576 g/mol. The van der Waals surface area contributed by atoms with E-state index in [9.17, 15) is 12.2 Å². The Morgan fingerprint density at radius 3 is 3.02 bits per heavy atom. The van der Waals surface area contributed by atoms with Crippen molar-refractivity contribution in [1.29, 1.82) is 0 Å². The normalized spacial score (nSPS) is 27.1. The first kappa shape index (κ1) is 25.9. The minimum Gasteiger partial charge on any atom is -0.508 e. The maximum absolute atomic E-state index is 15.1. The molecule has 5 heterocycles. The second kappa shape index (κ2) is 10.4. The number of anilines is 1. The number of alkyl halides is 1. The van der Waals surface area contributed by atoms with Gasteiger partial charge in [-0.15, -0.1) is 6.42 Å². The second-order valence-corrected chi connectivity index (χ2v) is 12.5. The summed E-state index contributed by atoms with van der Waals surface area (Å²) in [5.41, 5.74) is 1.82. The predicted molar refractivity (Wildman–Crippen MR) is 168 cm³/mol. The monoisotopic (exact) mass is 611 g/mol. The molecule has 230 valence electrons. The summed E-state index contributed by atoms with van der Waals surface area (Å²) in [6, 6.07) is 5.15. The van der Waals surface area contributed by atoms with E-state index in [1.54, 1.807) is 19.2 Å². The standard InChI is InChI=1S/C35H33F2N5O3/c1-4-23-27(36)7-6-21-12-22(43)13-24(28(21)23)30-20(3)31-25(15-38-30)33(42-10-11-44-17-26-29(37)32(26)42)40-34(39-31)45-18-35-8-5-9-41(35)16-19(2)14-35/h1,6-7,12-13,15,26,29,32,43H,2,5,8-11,14,16-18H2,3H3/t26-,29-,32-,35-/m0/s1/i18D2. The maximum Gasteiger partial charge on any atom is 0.319 e. The van der Waals surface area contributed by atoms with Gasteiger partial charge in [-0.25, -0.2) is 8.78 Å². The molecule has 8 nitrogen and oxygen atoms in total. The van der Waals surface area contributed by atoms with Crippen LogP contribution in [0.3, 0.4) is 0 Å². The molecule has 4 atom stereocenters. The fourth-order valence-electron chi connectivity index (χ4n) is 7.55. The third kappa shape index (κ3) is 4.43. The topological polar surface area (TPSA) is 83.8 Å². The number of aromatic nitrogens is 3. The van der Waals surface area contributed by atoms with E-state index in [4.69, 9.17) is 30.8 Å². The van der Waals surface area contributed by atoms with E-state index in [0.29, 0.717) is 83.5 Å². The molecule has 1 saturated carbocycles. The molecule has 4 aliphatic rings. The number of hydrogen-bond donors (Lipinski definition) is 1. The van der Waals surface area contributed by atoms with Crippen LogP contribution in [0.4, 0.5) is 14.6 Å². The largest absolute Gasteiger partial charge is 0.508 e. The number of rotatable bonds is 5. The number of hydrogen-bond acceptors (Lipinski definition) is 8. The molecule has 3 saturated heterocycles. The van der Waals surface area contributed by atoms with Crippen molar-refractivity contribution < 1.29 is 26.1 Å². The summed E-state index contributed by atoms with van der Waals surface area (Å²) in [7, 11) is 0. The number of fused-ring (bicyclic) bond motifs is 4. The zero-order valence-corrected chi connectivity index (χ0v) is 24.8. The molecule has 0 radical (unpaired) electrons. The third-order valence-electron chi connectivity index (χ3n) is 9.75. The van der Waals surface area contributed by atoms with Gasteiger partial charge in [-0.3, -0.25) is 9.88 Å². The van der Waals surface area contributed by atoms with Gasteiger partial charge in [0.25, 0.3) is 0 Å². The average Bonchev–Trinajstić information content (AvgIpc) is 3.39. The van der Waals surface area contributed by atoms with Gasteiger partial charge < -0.3 is 19.5 Å². The maximum atomic E-state index is 15.1. The average molecular weight is 612 g/mol. The lowest BCUT2D eigenvalue weighted by Gasteiger charge is -2.31. The predicted octanol–water partition coefficient (Wildman–Crippen LogP) is 5.33. The molecule has 0 bridgehead atoms. The van der Waals surface area contributed by atoms with Gasteiger partial charge in [-0.2, -0.15) is 9.97 Å². The Kier molecular flexibility index (Phi) is 5.97. The number of halogens is 2. The molecule has 4 aromatic rings. The van der Waals surface area contributed by atoms with Crippen molar-refractivity contribution in [2.45, 2.75) is 43.9 Å². The number of benzene rings is 2. The highest BCUT2D eigenvalue weighted by atomic mass is 19.1. The minimum absolute atomic E-state index is 0.0382. The number of aromatic hydroxyl groups is 1. The molecule has 45 heavy (non-hydrogen) atoms. The molecule has 2 aromatic heterocycles. The van der Waals surface area contributed by atoms with Gasteiger partial charge in [0.05, 0.1) is 49.7 Å². The van der Waals surface area contributed by atoms with Crippen LogP contribution in [0, 0.1) is 31.0 Å². The van der Waals surface area contributed by atoms with Crippen molar-refractivity contribution in [1.82, 2.24) is 19.9 Å². The Morgan fingerprint density at radius 1 is 1.31 bits per heavy atom. The molecular formula is C35H33F2N5O3. The number of pyridine rings is 1. The molecule has 1 aliphatic carbocycles. The van der Waals surface area contributed by atoms with Crippen LogP contribution >= 0.6 is 0 Å². The zero-order chi connectivity index (χ0) is 32.8. The smallest absolute Gasteiger partial charge is 0.319 e. The summed E-state index contributed by atoms with van der Waals surface area (Å²) in [6.07, 6.45) is 8.12. The van der Waals surface area contributed by atoms with Gasteiger partial charge in [0.15, 0.2) is 0 Å². The van der Waals surface area contributed by atoms with Crippen molar-refractivity contribution in [2.75, 3.05) is 44.3 Å². The molecule has 4 fully saturated rings. The summed E-state index contributed by atoms with van der Waals surface area (Å²) in [5.74, 6) is 1.87. The number of phenols is 1. The third-order valence-corrected chi connectivity index (χ3v) is 9.75. The minimum atomic E-state index is -2.18. The van der Waals surface area contributed by atoms with E-state index in [0.717, 1.165) is 18.5 Å². The lowest BCUT2D eigenvalue weighted by atomic mass is 9.94. The quantitative estimate of drug-likeness (QED) is 0.240. The van der Waals surface area contributed by atoms with Gasteiger partial charge in [0.1, 0.15) is 30.1 Å². The fraction of sp³-hybridized carbons (Fsp3) is 0.400. The molecule has 1 N–H and O–H groups in total. The molecule has 2 aromatic carbocycles. The Balaban J connectivity index is 1.33. The van der Waals surface area contributed by atoms with Crippen LogP contribution < -0.4 is 9.64 Å². The van der Waals surface area contributed by atoms with Crippen LogP contribution in [-0.2, 0) is 4.74 Å². The Labute approximate surface area is 262 Å². The molecule has 8 rings (SSSR count). The SMILES string of the molecule is [2H]C([2H])(Oc1nc(N2CCOC[C@H]3[C@H](F)[C@H]32)c2cnc(-c3cc(O)cc4ccc(F)c(C#C)c34)c(C)c2n1)[C@@]12CCCN1CC(=C)C2. The Hall–Kier alpha value is -4.33. The summed E-state index contributed by atoms with van der Waals surface area (Å²) in [6.45, 7) is 6.12. The van der Waals surface area contributed by atoms with Crippen LogP contribution in [-0.4, -0.2) is 82.1 Å². The van der Waals surface area contributed by atoms with Crippen molar-refractivity contribution in [2.24, 2.45) is 5.92 Å². The number of phenolic OH excluding ortho intramolecular Hbond substituents is 1. The second-order valence-electron chi connectivity index (χ2n) is 12.5. The van der Waals surface area contributed by atoms with Crippen molar-refractivity contribution in [3.05, 3.63) is 59.6 Å². The van der Waals surface area contributed by atoms with E-state index >= 15 is 4.39 Å².